The van der Waals surface area contributed by atoms with Gasteiger partial charge in [-0.1, -0.05) is 24.3 Å². The number of nitrogens with zero attached hydrogens (tertiary/aromatic N) is 1. The Kier molecular flexibility index (Phi) is 5.93. The second-order valence-corrected chi connectivity index (χ2v) is 8.08. The Morgan fingerprint density at radius 1 is 0.966 bits per heavy atom. The smallest absolute Gasteiger partial charge is 0.261 e. The predicted octanol–water partition coefficient (Wildman–Crippen LogP) is 4.04. The molecule has 0 aliphatic carbocycles. The van der Waals surface area contributed by atoms with E-state index in [1.165, 1.54) is 54.4 Å². The minimum atomic E-state index is -3.98. The van der Waals surface area contributed by atoms with Gasteiger partial charge in [0.2, 0.25) is 0 Å². The minimum Gasteiger partial charge on any atom is -0.337 e. The van der Waals surface area contributed by atoms with Crippen LogP contribution in [0.15, 0.2) is 77.7 Å². The summed E-state index contributed by atoms with van der Waals surface area (Å²) in [5.74, 6) is -1.36. The van der Waals surface area contributed by atoms with Crippen molar-refractivity contribution in [3.63, 3.8) is 0 Å². The number of halogens is 2. The van der Waals surface area contributed by atoms with E-state index in [-0.39, 0.29) is 22.7 Å². The lowest BCUT2D eigenvalue weighted by molar-refractivity contribution is 0.0783. The molecule has 0 saturated heterocycles. The number of hydrogen-bond acceptors (Lipinski definition) is 3. The van der Waals surface area contributed by atoms with Gasteiger partial charge in [-0.15, -0.1) is 0 Å². The van der Waals surface area contributed by atoms with Crippen LogP contribution < -0.4 is 4.72 Å². The molecule has 0 bridgehead atoms. The second-order valence-electron chi connectivity index (χ2n) is 6.39. The number of anilines is 1. The Bertz CT molecular complexity index is 1130. The third kappa shape index (κ3) is 4.97. The molecule has 1 N–H and O–H groups in total. The average molecular weight is 416 g/mol. The van der Waals surface area contributed by atoms with Gasteiger partial charge in [-0.3, -0.25) is 9.52 Å². The van der Waals surface area contributed by atoms with Gasteiger partial charge in [-0.05, 0) is 48.5 Å². The number of nitrogens with one attached hydrogen (secondary N) is 1. The molecule has 5 nitrogen and oxygen atoms in total. The van der Waals surface area contributed by atoms with Crippen LogP contribution >= 0.6 is 0 Å². The third-order valence-corrected chi connectivity index (χ3v) is 5.58. The summed E-state index contributed by atoms with van der Waals surface area (Å²) < 4.78 is 54.3. The van der Waals surface area contributed by atoms with Gasteiger partial charge in [-0.25, -0.2) is 17.2 Å². The van der Waals surface area contributed by atoms with Gasteiger partial charge in [0, 0.05) is 30.4 Å². The molecule has 150 valence electrons. The second kappa shape index (κ2) is 8.40. The Balaban J connectivity index is 1.80. The van der Waals surface area contributed by atoms with Gasteiger partial charge in [0.05, 0.1) is 4.90 Å². The van der Waals surface area contributed by atoms with E-state index >= 15 is 0 Å². The summed E-state index contributed by atoms with van der Waals surface area (Å²) in [5.41, 5.74) is 0.690. The predicted molar refractivity (Wildman–Crippen MR) is 106 cm³/mol. The van der Waals surface area contributed by atoms with Crippen molar-refractivity contribution in [2.75, 3.05) is 11.8 Å². The Morgan fingerprint density at radius 3 is 2.34 bits per heavy atom. The van der Waals surface area contributed by atoms with Crippen LogP contribution in [0.4, 0.5) is 14.5 Å². The van der Waals surface area contributed by atoms with Gasteiger partial charge < -0.3 is 4.90 Å². The summed E-state index contributed by atoms with van der Waals surface area (Å²) in [6.45, 7) is 0.0380. The van der Waals surface area contributed by atoms with Crippen LogP contribution in [0.5, 0.6) is 0 Å². The van der Waals surface area contributed by atoms with Gasteiger partial charge in [0.1, 0.15) is 11.6 Å². The molecule has 0 aromatic heterocycles. The molecule has 3 aromatic rings. The lowest BCUT2D eigenvalue weighted by Crippen LogP contribution is -2.27. The molecule has 29 heavy (non-hydrogen) atoms. The molecular formula is C21H18F2N2O3S. The summed E-state index contributed by atoms with van der Waals surface area (Å²) >= 11 is 0. The van der Waals surface area contributed by atoms with Gasteiger partial charge in [-0.2, -0.15) is 0 Å². The van der Waals surface area contributed by atoms with E-state index in [0.717, 1.165) is 12.1 Å². The Morgan fingerprint density at radius 2 is 1.66 bits per heavy atom. The standard InChI is InChI=1S/C21H18F2N2O3S/c1-25(14-16-5-2-3-8-20(16)23)21(26)15-6-4-7-19(13-15)29(27,28)24-18-11-9-17(22)10-12-18/h2-13,24H,14H2,1H3. The quantitative estimate of drug-likeness (QED) is 0.660. The molecule has 0 fully saturated rings. The highest BCUT2D eigenvalue weighted by atomic mass is 32.2. The molecule has 3 aromatic carbocycles. The number of carbonyl (C=O) groups excluding carboxylic acids is 1. The van der Waals surface area contributed by atoms with E-state index in [2.05, 4.69) is 4.72 Å². The molecule has 0 aliphatic heterocycles. The normalized spacial score (nSPS) is 11.1. The molecule has 3 rings (SSSR count). The number of sulfonamides is 1. The van der Waals surface area contributed by atoms with Gasteiger partial charge in [0.25, 0.3) is 15.9 Å². The molecule has 8 heteroatoms. The monoisotopic (exact) mass is 416 g/mol. The first-order valence-corrected chi connectivity index (χ1v) is 10.1. The van der Waals surface area contributed by atoms with Crippen molar-refractivity contribution in [3.05, 3.63) is 95.6 Å². The van der Waals surface area contributed by atoms with Crippen LogP contribution in [0, 0.1) is 11.6 Å². The number of amides is 1. The van der Waals surface area contributed by atoms with Gasteiger partial charge >= 0.3 is 0 Å². The molecule has 0 heterocycles. The third-order valence-electron chi connectivity index (χ3n) is 4.20. The van der Waals surface area contributed by atoms with Crippen LogP contribution in [0.25, 0.3) is 0 Å². The van der Waals surface area contributed by atoms with Gasteiger partial charge in [0.15, 0.2) is 0 Å². The van der Waals surface area contributed by atoms with Crippen molar-refractivity contribution >= 4 is 21.6 Å². The molecule has 0 saturated carbocycles. The first-order valence-electron chi connectivity index (χ1n) is 8.63. The maximum atomic E-state index is 13.8. The number of benzene rings is 3. The van der Waals surface area contributed by atoms with Crippen LogP contribution in [-0.2, 0) is 16.6 Å². The zero-order valence-electron chi connectivity index (χ0n) is 15.5. The maximum absolute atomic E-state index is 13.8. The number of rotatable bonds is 6. The molecule has 0 atom stereocenters. The van der Waals surface area contributed by atoms with Crippen molar-refractivity contribution in [2.45, 2.75) is 11.4 Å². The average Bonchev–Trinajstić information content (AvgIpc) is 2.71. The number of hydrogen-bond donors (Lipinski definition) is 1. The first-order chi connectivity index (χ1) is 13.8. The van der Waals surface area contributed by atoms with Crippen LogP contribution in [0.2, 0.25) is 0 Å². The zero-order chi connectivity index (χ0) is 21.0. The van der Waals surface area contributed by atoms with E-state index in [1.807, 2.05) is 0 Å². The molecule has 0 unspecified atom stereocenters. The maximum Gasteiger partial charge on any atom is 0.261 e. The van der Waals surface area contributed by atoms with Crippen molar-refractivity contribution in [1.82, 2.24) is 4.90 Å². The van der Waals surface area contributed by atoms with Crippen LogP contribution in [0.1, 0.15) is 15.9 Å². The lowest BCUT2D eigenvalue weighted by atomic mass is 10.1. The van der Waals surface area contributed by atoms with Crippen molar-refractivity contribution in [2.24, 2.45) is 0 Å². The van der Waals surface area contributed by atoms with Crippen molar-refractivity contribution in [3.8, 4) is 0 Å². The topological polar surface area (TPSA) is 66.5 Å². The van der Waals surface area contributed by atoms with E-state index in [0.29, 0.717) is 5.56 Å². The summed E-state index contributed by atoms with van der Waals surface area (Å²) in [6.07, 6.45) is 0. The van der Waals surface area contributed by atoms with E-state index in [4.69, 9.17) is 0 Å². The first kappa shape index (κ1) is 20.5. The highest BCUT2D eigenvalue weighted by molar-refractivity contribution is 7.92. The fourth-order valence-electron chi connectivity index (χ4n) is 2.70. The highest BCUT2D eigenvalue weighted by Gasteiger charge is 2.19. The van der Waals surface area contributed by atoms with Crippen LogP contribution in [-0.4, -0.2) is 26.3 Å². The minimum absolute atomic E-state index is 0.0380. The highest BCUT2D eigenvalue weighted by Crippen LogP contribution is 2.19. The summed E-state index contributed by atoms with van der Waals surface area (Å²) in [7, 11) is -2.47. The summed E-state index contributed by atoms with van der Waals surface area (Å²) in [5, 5.41) is 0. The summed E-state index contributed by atoms with van der Waals surface area (Å²) in [6, 6.07) is 16.5. The number of carbonyl (C=O) groups is 1. The van der Waals surface area contributed by atoms with Crippen molar-refractivity contribution < 1.29 is 22.0 Å². The van der Waals surface area contributed by atoms with Crippen LogP contribution in [0.3, 0.4) is 0 Å². The molecular weight excluding hydrogens is 398 g/mol. The largest absolute Gasteiger partial charge is 0.337 e. The fourth-order valence-corrected chi connectivity index (χ4v) is 3.81. The lowest BCUT2D eigenvalue weighted by Gasteiger charge is -2.18. The SMILES string of the molecule is CN(Cc1ccccc1F)C(=O)c1cccc(S(=O)(=O)Nc2ccc(F)cc2)c1. The molecule has 0 spiro atoms. The molecule has 0 radical (unpaired) electrons. The molecule has 0 aliphatic rings. The fraction of sp³-hybridized carbons (Fsp3) is 0.0952. The van der Waals surface area contributed by atoms with E-state index in [9.17, 15) is 22.0 Å². The Hall–Kier alpha value is -3.26. The summed E-state index contributed by atoms with van der Waals surface area (Å²) in [4.78, 5) is 13.9. The van der Waals surface area contributed by atoms with E-state index in [1.54, 1.807) is 18.2 Å². The molecule has 1 amide bonds. The van der Waals surface area contributed by atoms with Crippen molar-refractivity contribution in [1.29, 1.82) is 0 Å². The van der Waals surface area contributed by atoms with E-state index < -0.39 is 27.6 Å². The Labute approximate surface area is 167 Å². The zero-order valence-corrected chi connectivity index (χ0v) is 16.3.